The van der Waals surface area contributed by atoms with Gasteiger partial charge in [0.25, 0.3) is 20.2 Å². The first-order valence-corrected chi connectivity index (χ1v) is 14.1. The normalized spacial score (nSPS) is 11.4. The summed E-state index contributed by atoms with van der Waals surface area (Å²) >= 11 is 11.5. The van der Waals surface area contributed by atoms with Crippen molar-refractivity contribution in [3.8, 4) is 0 Å². The van der Waals surface area contributed by atoms with Crippen LogP contribution in [-0.4, -0.2) is 115 Å². The zero-order valence-corrected chi connectivity index (χ0v) is 22.7. The van der Waals surface area contributed by atoms with E-state index in [-0.39, 0.29) is 116 Å². The van der Waals surface area contributed by atoms with Crippen LogP contribution in [0.5, 0.6) is 0 Å². The molecule has 0 atom stereocenters. The van der Waals surface area contributed by atoms with Gasteiger partial charge in [0, 0.05) is 11.4 Å². The van der Waals surface area contributed by atoms with Crippen LogP contribution in [-0.2, 0) is 20.2 Å². The number of aromatic nitrogens is 6. The van der Waals surface area contributed by atoms with Crippen LogP contribution in [0.15, 0.2) is 46.2 Å². The molecule has 0 amide bonds. The van der Waals surface area contributed by atoms with E-state index >= 15 is 0 Å². The van der Waals surface area contributed by atoms with Gasteiger partial charge in [0.15, 0.2) is 0 Å². The fourth-order valence-corrected chi connectivity index (χ4v) is 4.98. The molecular formula is C20H18Cl2N10Na2O6S2. The molecule has 0 radical (unpaired) electrons. The Morgan fingerprint density at radius 3 is 1.31 bits per heavy atom. The summed E-state index contributed by atoms with van der Waals surface area (Å²) < 4.78 is 68.0. The minimum atomic E-state index is -4.77. The van der Waals surface area contributed by atoms with Crippen LogP contribution in [0, 0.1) is 0 Å². The Labute approximate surface area is 292 Å². The summed E-state index contributed by atoms with van der Waals surface area (Å²) in [5.74, 6) is -0.547. The number of nitrogens with one attached hydrogen (secondary N) is 2. The number of benzene rings is 2. The minimum absolute atomic E-state index is 0. The van der Waals surface area contributed by atoms with E-state index in [2.05, 4.69) is 40.5 Å². The molecule has 0 bridgehead atoms. The summed E-state index contributed by atoms with van der Waals surface area (Å²) in [5, 5.41) is 4.96. The monoisotopic (exact) mass is 674 g/mol. The third-order valence-electron chi connectivity index (χ3n) is 4.79. The summed E-state index contributed by atoms with van der Waals surface area (Å²) in [6, 6.07) is 7.61. The zero-order valence-electron chi connectivity index (χ0n) is 19.6. The van der Waals surface area contributed by atoms with Gasteiger partial charge in [-0.25, -0.2) is 0 Å². The van der Waals surface area contributed by atoms with Gasteiger partial charge in [-0.1, -0.05) is 24.3 Å². The molecule has 0 saturated carbocycles. The molecule has 42 heavy (non-hydrogen) atoms. The second-order valence-electron chi connectivity index (χ2n) is 7.61. The fraction of sp³-hybridized carbons (Fsp3) is 0. The van der Waals surface area contributed by atoms with Gasteiger partial charge < -0.3 is 22.1 Å². The Balaban J connectivity index is 0.00000308. The SMILES string of the molecule is Nc1nc(Cl)nc(Nc2ccc(/C=C/c3ccc(Nc4nc(N)nc(Cl)n4)cc3S(=O)(=O)O)c(S(=O)(=O)O)c2)n1.[NaH].[NaH]. The topological polar surface area (TPSA) is 262 Å². The average Bonchev–Trinajstić information content (AvgIpc) is 2.81. The van der Waals surface area contributed by atoms with E-state index in [1.54, 1.807) is 0 Å². The van der Waals surface area contributed by atoms with Crippen LogP contribution in [0.4, 0.5) is 35.2 Å². The third-order valence-corrected chi connectivity index (χ3v) is 6.95. The summed E-state index contributed by atoms with van der Waals surface area (Å²) in [7, 11) is -9.54. The van der Waals surface area contributed by atoms with Crippen molar-refractivity contribution in [1.29, 1.82) is 0 Å². The molecule has 4 aromatic rings. The predicted octanol–water partition coefficient (Wildman–Crippen LogP) is 1.38. The molecule has 22 heteroatoms. The number of nitrogen functional groups attached to an aromatic ring is 2. The van der Waals surface area contributed by atoms with Crippen LogP contribution in [0.3, 0.4) is 0 Å². The predicted molar refractivity (Wildman–Crippen MR) is 161 cm³/mol. The number of nitrogens with two attached hydrogens (primary N) is 2. The van der Waals surface area contributed by atoms with E-state index in [0.29, 0.717) is 0 Å². The van der Waals surface area contributed by atoms with Gasteiger partial charge in [-0.05, 0) is 58.6 Å². The van der Waals surface area contributed by atoms with Crippen LogP contribution < -0.4 is 22.1 Å². The maximum atomic E-state index is 12.1. The molecule has 16 nitrogen and oxygen atoms in total. The van der Waals surface area contributed by atoms with Gasteiger partial charge in [0.05, 0.1) is 0 Å². The fourth-order valence-electron chi connectivity index (χ4n) is 3.23. The molecule has 0 spiro atoms. The quantitative estimate of drug-likeness (QED) is 0.0875. The number of anilines is 6. The van der Waals surface area contributed by atoms with Crippen molar-refractivity contribution in [3.05, 3.63) is 58.1 Å². The van der Waals surface area contributed by atoms with Gasteiger partial charge in [-0.3, -0.25) is 9.11 Å². The first-order valence-electron chi connectivity index (χ1n) is 10.5. The third kappa shape index (κ3) is 9.66. The number of hydrogen-bond donors (Lipinski definition) is 6. The first-order chi connectivity index (χ1) is 18.7. The summed E-state index contributed by atoms with van der Waals surface area (Å²) in [6.07, 6.45) is 2.43. The Bertz CT molecular complexity index is 1710. The summed E-state index contributed by atoms with van der Waals surface area (Å²) in [6.45, 7) is 0. The average molecular weight is 675 g/mol. The van der Waals surface area contributed by atoms with Crippen molar-refractivity contribution in [2.24, 2.45) is 0 Å². The van der Waals surface area contributed by atoms with E-state index in [4.69, 9.17) is 34.7 Å². The summed E-state index contributed by atoms with van der Waals surface area (Å²) in [5.41, 5.74) is 11.3. The molecule has 0 aliphatic rings. The van der Waals surface area contributed by atoms with E-state index in [9.17, 15) is 25.9 Å². The Hall–Kier alpha value is -2.20. The molecule has 0 unspecified atom stereocenters. The number of rotatable bonds is 8. The van der Waals surface area contributed by atoms with E-state index in [0.717, 1.165) is 12.1 Å². The molecule has 0 aliphatic carbocycles. The zero-order chi connectivity index (χ0) is 29.2. The van der Waals surface area contributed by atoms with Crippen molar-refractivity contribution in [2.45, 2.75) is 9.79 Å². The van der Waals surface area contributed by atoms with Gasteiger partial charge in [0.1, 0.15) is 9.79 Å². The van der Waals surface area contributed by atoms with Crippen molar-refractivity contribution < 1.29 is 25.9 Å². The first kappa shape index (κ1) is 36.0. The van der Waals surface area contributed by atoms with Crippen LogP contribution in [0.1, 0.15) is 11.1 Å². The molecule has 0 aliphatic heterocycles. The van der Waals surface area contributed by atoms with Gasteiger partial charge >= 0.3 is 59.1 Å². The Kier molecular flexibility index (Phi) is 12.4. The standard InChI is InChI=1S/C20H16Cl2N10O6S2.2Na.2H/c21-15-27-17(23)31-19(29-15)25-11-5-3-9(13(7-11)39(33,34)35)1-2-10-4-6-12(8-14(10)40(36,37)38)26-20-30-16(22)28-18(24)32-20;;;;/h1-8H,(H,33,34,35)(H,36,37,38)(H3,23,25,27,29,31)(H3,24,26,28,30,32);;;;/b2-1+;;;;. The second kappa shape index (κ2) is 14.5. The molecule has 2 aromatic carbocycles. The van der Waals surface area contributed by atoms with E-state index in [1.807, 2.05) is 0 Å². The molecule has 212 valence electrons. The number of nitrogens with zero attached hydrogens (tertiary/aromatic N) is 6. The molecule has 8 N–H and O–H groups in total. The van der Waals surface area contributed by atoms with Crippen molar-refractivity contribution >= 4 is 150 Å². The van der Waals surface area contributed by atoms with E-state index in [1.165, 1.54) is 36.4 Å². The molecule has 2 heterocycles. The summed E-state index contributed by atoms with van der Waals surface area (Å²) in [4.78, 5) is 21.4. The maximum absolute atomic E-state index is 12.1. The molecule has 0 saturated heterocycles. The van der Waals surface area contributed by atoms with Gasteiger partial charge in [-0.15, -0.1) is 0 Å². The van der Waals surface area contributed by atoms with Crippen molar-refractivity contribution in [1.82, 2.24) is 29.9 Å². The van der Waals surface area contributed by atoms with Crippen LogP contribution in [0.25, 0.3) is 12.2 Å². The number of hydrogen-bond acceptors (Lipinski definition) is 14. The van der Waals surface area contributed by atoms with Crippen LogP contribution in [0.2, 0.25) is 10.6 Å². The van der Waals surface area contributed by atoms with Gasteiger partial charge in [0.2, 0.25) is 34.4 Å². The molecule has 0 fully saturated rings. The second-order valence-corrected chi connectivity index (χ2v) is 11.1. The van der Waals surface area contributed by atoms with Crippen molar-refractivity contribution in [2.75, 3.05) is 22.1 Å². The Morgan fingerprint density at radius 1 is 0.643 bits per heavy atom. The molecular weight excluding hydrogens is 657 g/mol. The molecule has 2 aromatic heterocycles. The van der Waals surface area contributed by atoms with E-state index < -0.39 is 30.0 Å². The van der Waals surface area contributed by atoms with Crippen LogP contribution >= 0.6 is 23.2 Å². The number of halogens is 2. The van der Waals surface area contributed by atoms with Gasteiger partial charge in [-0.2, -0.15) is 46.7 Å². The molecule has 4 rings (SSSR count). The Morgan fingerprint density at radius 2 is 1.00 bits per heavy atom. The van der Waals surface area contributed by atoms with Crippen molar-refractivity contribution in [3.63, 3.8) is 0 Å².